The number of amidine groups is 1. The minimum atomic E-state index is -0.827. The number of halogens is 3. The van der Waals surface area contributed by atoms with E-state index in [1.807, 2.05) is 4.90 Å². The summed E-state index contributed by atoms with van der Waals surface area (Å²) in [5, 5.41) is 27.0. The second kappa shape index (κ2) is 15.2. The smallest absolute Gasteiger partial charge is 0.320 e. The first kappa shape index (κ1) is 33.0. The number of ether oxygens (including phenoxy) is 1. The first-order valence-electron chi connectivity index (χ1n) is 11.0. The Bertz CT molecular complexity index is 855. The van der Waals surface area contributed by atoms with Crippen LogP contribution < -0.4 is 10.6 Å². The number of nitrogens with zero attached hydrogens (tertiary/aromatic N) is 3. The number of benzene rings is 1. The summed E-state index contributed by atoms with van der Waals surface area (Å²) in [7, 11) is 0. The highest BCUT2D eigenvalue weighted by Gasteiger charge is 2.36. The van der Waals surface area contributed by atoms with Crippen molar-refractivity contribution in [1.29, 1.82) is 5.41 Å². The van der Waals surface area contributed by atoms with E-state index < -0.39 is 5.97 Å². The monoisotopic (exact) mass is 555 g/mol. The largest absolute Gasteiger partial charge is 0.508 e. The van der Waals surface area contributed by atoms with Gasteiger partial charge in [0.15, 0.2) is 0 Å². The Hall–Kier alpha value is -1.98. The molecule has 2 aliphatic rings. The molecular formula is C22H36Cl3N5O5. The lowest BCUT2D eigenvalue weighted by atomic mass is 9.87. The van der Waals surface area contributed by atoms with Crippen LogP contribution in [0.3, 0.4) is 0 Å². The Kier molecular flexibility index (Phi) is 14.3. The number of carbonyl (C=O) groups excluding carboxylic acids is 1. The number of nitrogen functional groups attached to an aromatic ring is 1. The molecule has 0 unspecified atom stereocenters. The predicted octanol–water partition coefficient (Wildman–Crippen LogP) is 1.79. The number of piperazine rings is 1. The number of carboxylic acids is 1. The van der Waals surface area contributed by atoms with Gasteiger partial charge in [-0.05, 0) is 37.5 Å². The number of rotatable bonds is 8. The molecule has 0 amide bonds. The van der Waals surface area contributed by atoms with Crippen LogP contribution in [0.25, 0.3) is 0 Å². The van der Waals surface area contributed by atoms with Crippen molar-refractivity contribution in [2.24, 2.45) is 11.7 Å². The third kappa shape index (κ3) is 8.88. The number of anilines is 1. The maximum Gasteiger partial charge on any atom is 0.320 e. The Morgan fingerprint density at radius 3 is 2.37 bits per heavy atom. The molecule has 0 aromatic heterocycles. The third-order valence-electron chi connectivity index (χ3n) is 6.27. The van der Waals surface area contributed by atoms with Gasteiger partial charge in [0.2, 0.25) is 0 Å². The molecule has 0 aliphatic carbocycles. The van der Waals surface area contributed by atoms with Gasteiger partial charge in [0, 0.05) is 56.6 Å². The Morgan fingerprint density at radius 1 is 1.14 bits per heavy atom. The molecule has 200 valence electrons. The number of aromatic hydroxyl groups is 1. The molecule has 2 atom stereocenters. The molecule has 1 aromatic carbocycles. The maximum atomic E-state index is 11.9. The van der Waals surface area contributed by atoms with Gasteiger partial charge in [-0.15, -0.1) is 37.2 Å². The van der Waals surface area contributed by atoms with Gasteiger partial charge in [0.05, 0.1) is 19.6 Å². The van der Waals surface area contributed by atoms with E-state index in [9.17, 15) is 19.8 Å². The number of hydrogen-bond donors (Lipinski definition) is 4. The highest BCUT2D eigenvalue weighted by Crippen LogP contribution is 2.29. The zero-order valence-corrected chi connectivity index (χ0v) is 22.2. The quantitative estimate of drug-likeness (QED) is 0.214. The van der Waals surface area contributed by atoms with Gasteiger partial charge in [0.25, 0.3) is 0 Å². The summed E-state index contributed by atoms with van der Waals surface area (Å²) < 4.78 is 5.04. The summed E-state index contributed by atoms with van der Waals surface area (Å²) in [5.74, 6) is -1.18. The lowest BCUT2D eigenvalue weighted by Gasteiger charge is -2.46. The van der Waals surface area contributed by atoms with Crippen LogP contribution in [0.4, 0.5) is 5.69 Å². The molecule has 2 saturated heterocycles. The fourth-order valence-electron chi connectivity index (χ4n) is 4.84. The van der Waals surface area contributed by atoms with E-state index in [4.69, 9.17) is 15.9 Å². The van der Waals surface area contributed by atoms with E-state index in [0.29, 0.717) is 31.8 Å². The Labute approximate surface area is 224 Å². The molecule has 5 N–H and O–H groups in total. The van der Waals surface area contributed by atoms with E-state index in [1.54, 1.807) is 19.1 Å². The van der Waals surface area contributed by atoms with Crippen LogP contribution in [0.2, 0.25) is 0 Å². The van der Waals surface area contributed by atoms with Gasteiger partial charge >= 0.3 is 11.9 Å². The van der Waals surface area contributed by atoms with E-state index in [2.05, 4.69) is 9.80 Å². The number of piperidine rings is 1. The summed E-state index contributed by atoms with van der Waals surface area (Å²) >= 11 is 0. The predicted molar refractivity (Wildman–Crippen MR) is 142 cm³/mol. The van der Waals surface area contributed by atoms with E-state index >= 15 is 0 Å². The maximum absolute atomic E-state index is 11.9. The van der Waals surface area contributed by atoms with Crippen LogP contribution in [0.5, 0.6) is 5.75 Å². The molecule has 1 aromatic rings. The van der Waals surface area contributed by atoms with Crippen molar-refractivity contribution in [3.05, 3.63) is 23.8 Å². The summed E-state index contributed by atoms with van der Waals surface area (Å²) in [4.78, 5) is 29.8. The molecule has 35 heavy (non-hydrogen) atoms. The fourth-order valence-corrected chi connectivity index (χ4v) is 4.84. The number of esters is 1. The molecule has 2 heterocycles. The first-order valence-corrected chi connectivity index (χ1v) is 11.0. The summed E-state index contributed by atoms with van der Waals surface area (Å²) in [6, 6.07) is 5.02. The highest BCUT2D eigenvalue weighted by atomic mass is 35.5. The molecule has 0 bridgehead atoms. The molecule has 3 rings (SSSR count). The number of hydrogen-bond acceptors (Lipinski definition) is 8. The number of nitrogens with two attached hydrogens (primary N) is 1. The Balaban J connectivity index is 0.00000385. The number of nitrogens with one attached hydrogen (secondary N) is 1. The average Bonchev–Trinajstić information content (AvgIpc) is 2.74. The number of phenols is 1. The molecule has 0 saturated carbocycles. The van der Waals surface area contributed by atoms with Gasteiger partial charge in [-0.1, -0.05) is 0 Å². The molecule has 13 heteroatoms. The van der Waals surface area contributed by atoms with Gasteiger partial charge < -0.3 is 25.6 Å². The van der Waals surface area contributed by atoms with Crippen LogP contribution >= 0.6 is 37.2 Å². The minimum Gasteiger partial charge on any atom is -0.508 e. The van der Waals surface area contributed by atoms with Crippen molar-refractivity contribution < 1.29 is 24.5 Å². The third-order valence-corrected chi connectivity index (χ3v) is 6.27. The van der Waals surface area contributed by atoms with Crippen molar-refractivity contribution in [3.63, 3.8) is 0 Å². The van der Waals surface area contributed by atoms with Gasteiger partial charge in [0.1, 0.15) is 11.6 Å². The minimum absolute atomic E-state index is 0. The van der Waals surface area contributed by atoms with Crippen LogP contribution in [0, 0.1) is 11.3 Å². The van der Waals surface area contributed by atoms with Crippen molar-refractivity contribution in [2.45, 2.75) is 25.8 Å². The highest BCUT2D eigenvalue weighted by molar-refractivity contribution is 6.01. The van der Waals surface area contributed by atoms with E-state index in [0.717, 1.165) is 31.7 Å². The fraction of sp³-hybridized carbons (Fsp3) is 0.591. The first-order chi connectivity index (χ1) is 15.3. The summed E-state index contributed by atoms with van der Waals surface area (Å²) in [6.45, 7) is 6.54. The SMILES string of the molecule is CCOC(=O)CN1CC[C@@H](N2CCN(c3ccc(O)cc3C(=N)N)CC2)[C@@H](CC(=O)O)C1.Cl.Cl.Cl. The number of aliphatic carboxylic acids is 1. The molecule has 2 fully saturated rings. The number of likely N-dealkylation sites (tertiary alicyclic amines) is 1. The van der Waals surface area contributed by atoms with Crippen molar-refractivity contribution >= 4 is 60.7 Å². The van der Waals surface area contributed by atoms with Gasteiger partial charge in [-0.2, -0.15) is 0 Å². The number of carboxylic acid groups (broad SMARTS) is 1. The standard InChI is InChI=1S/C22H33N5O5.3ClH/c1-2-32-21(31)14-25-6-5-18(15(13-25)11-20(29)30)26-7-9-27(10-8-26)19-4-3-16(28)12-17(19)22(23)24;;;/h3-4,12,15,18,28H,2,5-11,13-14H2,1H3,(H3,23,24)(H,29,30);3*1H/t15-,18+;;;/m0.../s1. The van der Waals surface area contributed by atoms with Crippen LogP contribution in [-0.4, -0.2) is 96.2 Å². The zero-order valence-electron chi connectivity index (χ0n) is 19.7. The van der Waals surface area contributed by atoms with Gasteiger partial charge in [-0.3, -0.25) is 24.8 Å². The lowest BCUT2D eigenvalue weighted by molar-refractivity contribution is -0.145. The molecule has 0 spiro atoms. The summed E-state index contributed by atoms with van der Waals surface area (Å²) in [5.41, 5.74) is 7.04. The van der Waals surface area contributed by atoms with E-state index in [-0.39, 0.29) is 79.7 Å². The van der Waals surface area contributed by atoms with Crippen LogP contribution in [-0.2, 0) is 14.3 Å². The molecule has 2 aliphatic heterocycles. The van der Waals surface area contributed by atoms with Gasteiger partial charge in [-0.25, -0.2) is 0 Å². The molecule has 10 nitrogen and oxygen atoms in total. The molecular weight excluding hydrogens is 521 g/mol. The second-order valence-electron chi connectivity index (χ2n) is 8.39. The molecule has 0 radical (unpaired) electrons. The number of phenolic OH excluding ortho intramolecular Hbond substituents is 1. The van der Waals surface area contributed by atoms with E-state index in [1.165, 1.54) is 6.07 Å². The topological polar surface area (TPSA) is 143 Å². The average molecular weight is 557 g/mol. The van der Waals surface area contributed by atoms with Crippen molar-refractivity contribution in [3.8, 4) is 5.75 Å². The van der Waals surface area contributed by atoms with Crippen LogP contribution in [0.15, 0.2) is 18.2 Å². The zero-order chi connectivity index (χ0) is 23.3. The van der Waals surface area contributed by atoms with Crippen molar-refractivity contribution in [1.82, 2.24) is 9.80 Å². The lowest BCUT2D eigenvalue weighted by Crippen LogP contribution is -2.57. The number of carbonyl (C=O) groups is 2. The summed E-state index contributed by atoms with van der Waals surface area (Å²) in [6.07, 6.45) is 0.867. The second-order valence-corrected chi connectivity index (χ2v) is 8.39. The van der Waals surface area contributed by atoms with Crippen molar-refractivity contribution in [2.75, 3.05) is 57.3 Å². The normalized spacial score (nSPS) is 20.5. The Morgan fingerprint density at radius 2 is 1.80 bits per heavy atom. The van der Waals surface area contributed by atoms with Crippen LogP contribution in [0.1, 0.15) is 25.3 Å².